The van der Waals surface area contributed by atoms with Gasteiger partial charge in [-0.25, -0.2) is 9.59 Å². The summed E-state index contributed by atoms with van der Waals surface area (Å²) >= 11 is 0. The first-order valence-corrected chi connectivity index (χ1v) is 15.3. The van der Waals surface area contributed by atoms with Crippen LogP contribution in [0.5, 0.6) is 28.7 Å². The minimum atomic E-state index is -0.850. The molecule has 0 atom stereocenters. The number of carbonyl (C=O) groups excluding carboxylic acids is 3. The van der Waals surface area contributed by atoms with Gasteiger partial charge in [0, 0.05) is 17.8 Å². The number of hydrogen-bond donors (Lipinski definition) is 0. The molecule has 5 aromatic carbocycles. The van der Waals surface area contributed by atoms with Crippen molar-refractivity contribution in [1.82, 2.24) is 0 Å². The average molecular weight is 645 g/mol. The van der Waals surface area contributed by atoms with Crippen LogP contribution in [0.1, 0.15) is 56.9 Å². The molecule has 8 heteroatoms. The van der Waals surface area contributed by atoms with Gasteiger partial charge in [0.05, 0.1) is 0 Å². The molecule has 0 aliphatic rings. The zero-order chi connectivity index (χ0) is 34.3. The fourth-order valence-electron chi connectivity index (χ4n) is 5.17. The number of carbonyl (C=O) groups is 3. The highest BCUT2D eigenvalue weighted by Gasteiger charge is 2.25. The predicted molar refractivity (Wildman–Crippen MR) is 181 cm³/mol. The lowest BCUT2D eigenvalue weighted by Gasteiger charge is -2.26. The Kier molecular flexibility index (Phi) is 9.94. The SMILES string of the molecule is CC(=O)Oc1ccc(C(C)(C)c2ccc(OC(=O)Oc3ccc(C(C)(C)c4ccc(OC(=O)Oc5ccccc5)cc4)cc3)cc2)cc1. The van der Waals surface area contributed by atoms with Crippen molar-refractivity contribution in [3.8, 4) is 28.7 Å². The minimum absolute atomic E-state index is 0.343. The molecule has 0 spiro atoms. The van der Waals surface area contributed by atoms with E-state index in [1.54, 1.807) is 72.8 Å². The minimum Gasteiger partial charge on any atom is -0.427 e. The maximum absolute atomic E-state index is 12.6. The van der Waals surface area contributed by atoms with Crippen LogP contribution >= 0.6 is 0 Å². The second-order valence-corrected chi connectivity index (χ2v) is 12.2. The van der Waals surface area contributed by atoms with Gasteiger partial charge in [-0.05, 0) is 82.9 Å². The third-order valence-corrected chi connectivity index (χ3v) is 8.11. The number of para-hydroxylation sites is 1. The molecule has 244 valence electrons. The maximum atomic E-state index is 12.6. The van der Waals surface area contributed by atoms with Crippen molar-refractivity contribution in [2.75, 3.05) is 0 Å². The van der Waals surface area contributed by atoms with Crippen molar-refractivity contribution in [3.63, 3.8) is 0 Å². The van der Waals surface area contributed by atoms with Crippen LogP contribution in [0.15, 0.2) is 127 Å². The Morgan fingerprint density at radius 1 is 0.375 bits per heavy atom. The highest BCUT2D eigenvalue weighted by atomic mass is 16.7. The maximum Gasteiger partial charge on any atom is 0.519 e. The van der Waals surface area contributed by atoms with Crippen molar-refractivity contribution in [1.29, 1.82) is 0 Å². The zero-order valence-corrected chi connectivity index (χ0v) is 27.4. The molecule has 0 aliphatic heterocycles. The van der Waals surface area contributed by atoms with E-state index in [1.807, 2.05) is 54.6 Å². The lowest BCUT2D eigenvalue weighted by Crippen LogP contribution is -2.19. The summed E-state index contributed by atoms with van der Waals surface area (Å²) in [5.41, 5.74) is 3.27. The van der Waals surface area contributed by atoms with Crippen LogP contribution in [0.4, 0.5) is 9.59 Å². The predicted octanol–water partition coefficient (Wildman–Crippen LogP) is 9.42. The van der Waals surface area contributed by atoms with Gasteiger partial charge in [-0.3, -0.25) is 4.79 Å². The molecule has 5 aromatic rings. The number of esters is 1. The second-order valence-electron chi connectivity index (χ2n) is 12.2. The molecule has 0 radical (unpaired) electrons. The number of ether oxygens (including phenoxy) is 5. The molecule has 0 amide bonds. The summed E-state index contributed by atoms with van der Waals surface area (Å²) in [4.78, 5) is 35.9. The highest BCUT2D eigenvalue weighted by Crippen LogP contribution is 2.35. The summed E-state index contributed by atoms with van der Waals surface area (Å²) in [6.07, 6.45) is -1.67. The molecule has 0 N–H and O–H groups in total. The molecule has 0 saturated heterocycles. The Morgan fingerprint density at radius 3 is 0.896 bits per heavy atom. The van der Waals surface area contributed by atoms with Crippen LogP contribution in [0.25, 0.3) is 0 Å². The van der Waals surface area contributed by atoms with Crippen molar-refractivity contribution in [3.05, 3.63) is 150 Å². The standard InChI is InChI=1S/C40H36O8/c1-27(41)44-33-19-11-28(12-20-33)39(2,3)29-15-23-35(24-16-29)47-38(43)48-36-25-17-31(18-26-36)40(4,5)30-13-21-34(22-14-30)46-37(42)45-32-9-7-6-8-10-32/h6-26H,1-5H3. The van der Waals surface area contributed by atoms with E-state index in [2.05, 4.69) is 27.7 Å². The number of hydrogen-bond acceptors (Lipinski definition) is 8. The summed E-state index contributed by atoms with van der Waals surface area (Å²) < 4.78 is 26.5. The number of rotatable bonds is 9. The smallest absolute Gasteiger partial charge is 0.427 e. The quantitative estimate of drug-likeness (QED) is 0.0889. The van der Waals surface area contributed by atoms with Crippen LogP contribution in [0, 0.1) is 0 Å². The summed E-state index contributed by atoms with van der Waals surface area (Å²) in [7, 11) is 0. The molecule has 48 heavy (non-hydrogen) atoms. The van der Waals surface area contributed by atoms with Crippen molar-refractivity contribution < 1.29 is 38.1 Å². The fourth-order valence-corrected chi connectivity index (χ4v) is 5.17. The van der Waals surface area contributed by atoms with E-state index in [4.69, 9.17) is 23.7 Å². The monoisotopic (exact) mass is 644 g/mol. The lowest BCUT2D eigenvalue weighted by molar-refractivity contribution is -0.131. The topological polar surface area (TPSA) is 97.4 Å². The first-order chi connectivity index (χ1) is 22.9. The van der Waals surface area contributed by atoms with Crippen molar-refractivity contribution in [2.45, 2.75) is 45.4 Å². The Labute approximate surface area is 279 Å². The van der Waals surface area contributed by atoms with Gasteiger partial charge in [0.15, 0.2) is 0 Å². The van der Waals surface area contributed by atoms with Crippen molar-refractivity contribution in [2.24, 2.45) is 0 Å². The molecular weight excluding hydrogens is 608 g/mol. The van der Waals surface area contributed by atoms with Crippen molar-refractivity contribution >= 4 is 18.3 Å². The normalized spacial score (nSPS) is 11.3. The van der Waals surface area contributed by atoms with Gasteiger partial charge < -0.3 is 23.7 Å². The van der Waals surface area contributed by atoms with Gasteiger partial charge in [-0.1, -0.05) is 94.4 Å². The first kappa shape index (κ1) is 33.5. The van der Waals surface area contributed by atoms with Gasteiger partial charge in [0.25, 0.3) is 0 Å². The molecule has 8 nitrogen and oxygen atoms in total. The van der Waals surface area contributed by atoms with Crippen LogP contribution in [-0.2, 0) is 15.6 Å². The third-order valence-electron chi connectivity index (χ3n) is 8.11. The van der Waals surface area contributed by atoms with E-state index in [0.717, 1.165) is 22.3 Å². The summed E-state index contributed by atoms with van der Waals surface area (Å²) in [5, 5.41) is 0. The summed E-state index contributed by atoms with van der Waals surface area (Å²) in [6.45, 7) is 9.67. The Hall–Kier alpha value is -5.89. The molecule has 0 unspecified atom stereocenters. The molecule has 0 aromatic heterocycles. The summed E-state index contributed by atoms with van der Waals surface area (Å²) in [5.74, 6) is 1.58. The van der Waals surface area contributed by atoms with Crippen LogP contribution in [0.2, 0.25) is 0 Å². The van der Waals surface area contributed by atoms with Gasteiger partial charge >= 0.3 is 18.3 Å². The molecule has 0 fully saturated rings. The second kappa shape index (κ2) is 14.3. The van der Waals surface area contributed by atoms with Crippen LogP contribution < -0.4 is 23.7 Å². The van der Waals surface area contributed by atoms with Gasteiger partial charge in [-0.15, -0.1) is 0 Å². The molecule has 5 rings (SSSR count). The average Bonchev–Trinajstić information content (AvgIpc) is 3.06. The van der Waals surface area contributed by atoms with E-state index in [0.29, 0.717) is 28.7 Å². The van der Waals surface area contributed by atoms with Gasteiger partial charge in [-0.2, -0.15) is 0 Å². The lowest BCUT2D eigenvalue weighted by atomic mass is 9.78. The van der Waals surface area contributed by atoms with E-state index < -0.39 is 17.7 Å². The molecular formula is C40H36O8. The zero-order valence-electron chi connectivity index (χ0n) is 27.4. The Morgan fingerprint density at radius 2 is 0.625 bits per heavy atom. The van der Waals surface area contributed by atoms with E-state index in [-0.39, 0.29) is 11.4 Å². The highest BCUT2D eigenvalue weighted by molar-refractivity contribution is 5.69. The third kappa shape index (κ3) is 8.27. The molecule has 0 aliphatic carbocycles. The van der Waals surface area contributed by atoms with Crippen LogP contribution in [0.3, 0.4) is 0 Å². The van der Waals surface area contributed by atoms with E-state index >= 15 is 0 Å². The molecule has 0 heterocycles. The molecule has 0 bridgehead atoms. The molecule has 0 saturated carbocycles. The number of benzene rings is 5. The fraction of sp³-hybridized carbons (Fsp3) is 0.175. The Bertz CT molecular complexity index is 1860. The van der Waals surface area contributed by atoms with E-state index in [9.17, 15) is 14.4 Å². The van der Waals surface area contributed by atoms with Crippen LogP contribution in [-0.4, -0.2) is 18.3 Å². The first-order valence-electron chi connectivity index (χ1n) is 15.3. The van der Waals surface area contributed by atoms with Gasteiger partial charge in [0.1, 0.15) is 28.7 Å². The van der Waals surface area contributed by atoms with Gasteiger partial charge in [0.2, 0.25) is 0 Å². The Balaban J connectivity index is 1.15. The summed E-state index contributed by atoms with van der Waals surface area (Å²) in [6, 6.07) is 37.7. The van der Waals surface area contributed by atoms with E-state index in [1.165, 1.54) is 6.92 Å². The largest absolute Gasteiger partial charge is 0.519 e.